The first-order valence-corrected chi connectivity index (χ1v) is 3.00. The average molecular weight is 224 g/mol. The number of rotatable bonds is 0. The van der Waals surface area contributed by atoms with E-state index in [2.05, 4.69) is 12.6 Å². The maximum Gasteiger partial charge on any atom is 0.00692 e. The molecule has 0 aliphatic heterocycles. The van der Waals surface area contributed by atoms with Crippen LogP contribution in [-0.2, 0) is 0 Å². The van der Waals surface area contributed by atoms with Crippen LogP contribution >= 0.6 is 12.6 Å². The van der Waals surface area contributed by atoms with Gasteiger partial charge in [-0.2, -0.15) is 0 Å². The second-order valence-electron chi connectivity index (χ2n) is 1.79. The lowest BCUT2D eigenvalue weighted by Crippen LogP contribution is -1.70. The molecule has 0 bridgehead atoms. The quantitative estimate of drug-likeness (QED) is 0.508. The molecule has 6 heteroatoms. The molecule has 1 aromatic carbocycles. The maximum atomic E-state index is 4.20. The molecule has 82 valence electrons. The zero-order chi connectivity index (χ0) is 5.98. The molecule has 0 fully saturated rings. The van der Waals surface area contributed by atoms with E-state index in [0.717, 1.165) is 4.90 Å². The van der Waals surface area contributed by atoms with Gasteiger partial charge in [-0.05, 0) is 18.6 Å². The van der Waals surface area contributed by atoms with Crippen molar-refractivity contribution >= 4 is 12.6 Å². The summed E-state index contributed by atoms with van der Waals surface area (Å²) in [6.07, 6.45) is 0. The van der Waals surface area contributed by atoms with Gasteiger partial charge in [0.05, 0.1) is 0 Å². The zero-order valence-corrected chi connectivity index (χ0v) is 7.69. The molecule has 1 rings (SSSR count). The number of hydrogen-bond acceptors (Lipinski definition) is 1. The first kappa shape index (κ1) is 29.5. The highest BCUT2D eigenvalue weighted by Gasteiger charge is 1.84. The molecular formula is C7H13F5S. The van der Waals surface area contributed by atoms with Crippen molar-refractivity contribution in [2.75, 3.05) is 0 Å². The normalized spacial score (nSPS) is 5.69. The standard InChI is InChI=1S/C7H8S.5FH/c1-6-4-2-3-5-7(6)8;;;;;/h2-5,8H,1H3;5*1H. The number of hydrogen-bond donors (Lipinski definition) is 1. The Hall–Kier alpha value is -0.780. The summed E-state index contributed by atoms with van der Waals surface area (Å²) in [6, 6.07) is 8.02. The minimum atomic E-state index is 0. The van der Waals surface area contributed by atoms with Gasteiger partial charge >= 0.3 is 0 Å². The molecule has 0 aromatic heterocycles. The molecular weight excluding hydrogens is 211 g/mol. The number of aryl methyl sites for hydroxylation is 1. The van der Waals surface area contributed by atoms with E-state index in [9.17, 15) is 0 Å². The van der Waals surface area contributed by atoms with Crippen molar-refractivity contribution in [1.82, 2.24) is 0 Å². The number of thiol groups is 1. The van der Waals surface area contributed by atoms with Gasteiger partial charge in [-0.15, -0.1) is 12.6 Å². The van der Waals surface area contributed by atoms with Crippen molar-refractivity contribution < 1.29 is 23.5 Å². The molecule has 1 aromatic rings. The van der Waals surface area contributed by atoms with Crippen LogP contribution in [0.4, 0.5) is 23.5 Å². The van der Waals surface area contributed by atoms with Crippen LogP contribution in [0.15, 0.2) is 29.2 Å². The van der Waals surface area contributed by atoms with E-state index in [1.165, 1.54) is 5.56 Å². The summed E-state index contributed by atoms with van der Waals surface area (Å²) in [5.74, 6) is 0. The van der Waals surface area contributed by atoms with Crippen LogP contribution in [0.2, 0.25) is 0 Å². The topological polar surface area (TPSA) is 0 Å². The van der Waals surface area contributed by atoms with Crippen LogP contribution in [0.5, 0.6) is 0 Å². The smallest absolute Gasteiger partial charge is 0.00692 e. The summed E-state index contributed by atoms with van der Waals surface area (Å²) in [7, 11) is 0. The lowest BCUT2D eigenvalue weighted by Gasteiger charge is -1.92. The van der Waals surface area contributed by atoms with Crippen LogP contribution in [0.25, 0.3) is 0 Å². The summed E-state index contributed by atoms with van der Waals surface area (Å²) < 4.78 is 0. The fourth-order valence-electron chi connectivity index (χ4n) is 0.563. The van der Waals surface area contributed by atoms with Crippen molar-refractivity contribution in [3.63, 3.8) is 0 Å². The molecule has 0 N–H and O–H groups in total. The highest BCUT2D eigenvalue weighted by Crippen LogP contribution is 2.09. The minimum Gasteiger partial charge on any atom is -0.269 e. The first-order chi connectivity index (χ1) is 3.80. The largest absolute Gasteiger partial charge is 0.269 e. The van der Waals surface area contributed by atoms with Crippen molar-refractivity contribution in [3.8, 4) is 0 Å². The fourth-order valence-corrected chi connectivity index (χ4v) is 0.724. The van der Waals surface area contributed by atoms with Crippen LogP contribution < -0.4 is 0 Å². The molecule has 0 amide bonds. The molecule has 0 aliphatic carbocycles. The van der Waals surface area contributed by atoms with Gasteiger partial charge in [-0.1, -0.05) is 18.2 Å². The van der Waals surface area contributed by atoms with Gasteiger partial charge in [-0.3, -0.25) is 23.5 Å². The maximum absolute atomic E-state index is 4.20. The van der Waals surface area contributed by atoms with E-state index in [0.29, 0.717) is 0 Å². The number of benzene rings is 1. The predicted molar refractivity (Wildman–Crippen MR) is 50.9 cm³/mol. The van der Waals surface area contributed by atoms with E-state index in [1.54, 1.807) is 0 Å². The highest BCUT2D eigenvalue weighted by molar-refractivity contribution is 7.80. The van der Waals surface area contributed by atoms with Gasteiger partial charge in [-0.25, -0.2) is 0 Å². The molecule has 0 radical (unpaired) electrons. The Bertz CT molecular complexity index is 173. The van der Waals surface area contributed by atoms with Crippen LogP contribution in [0.3, 0.4) is 0 Å². The summed E-state index contributed by atoms with van der Waals surface area (Å²) in [4.78, 5) is 1.06. The van der Waals surface area contributed by atoms with Gasteiger partial charge in [0.25, 0.3) is 0 Å². The summed E-state index contributed by atoms with van der Waals surface area (Å²) >= 11 is 4.20. The van der Waals surface area contributed by atoms with Crippen molar-refractivity contribution in [2.45, 2.75) is 11.8 Å². The molecule has 0 nitrogen and oxygen atoms in total. The lowest BCUT2D eigenvalue weighted by molar-refractivity contribution is 1.11. The van der Waals surface area contributed by atoms with Gasteiger partial charge in [0, 0.05) is 4.90 Å². The SMILES string of the molecule is Cc1ccccc1S.F.F.F.F.F. The Morgan fingerprint density at radius 3 is 1.46 bits per heavy atom. The van der Waals surface area contributed by atoms with E-state index in [4.69, 9.17) is 0 Å². The Balaban J connectivity index is -0.0000000427. The fraction of sp³-hybridized carbons (Fsp3) is 0.143. The zero-order valence-electron chi connectivity index (χ0n) is 6.80. The minimum absolute atomic E-state index is 0. The van der Waals surface area contributed by atoms with Gasteiger partial charge in [0.2, 0.25) is 0 Å². The Morgan fingerprint density at radius 2 is 1.23 bits per heavy atom. The van der Waals surface area contributed by atoms with Crippen LogP contribution in [0.1, 0.15) is 5.56 Å². The first-order valence-electron chi connectivity index (χ1n) is 2.55. The third kappa shape index (κ3) is 9.13. The van der Waals surface area contributed by atoms with Gasteiger partial charge in [0.1, 0.15) is 0 Å². The predicted octanol–water partition coefficient (Wildman–Crippen LogP) is 3.05. The summed E-state index contributed by atoms with van der Waals surface area (Å²) in [6.45, 7) is 2.04. The number of halogens is 5. The second kappa shape index (κ2) is 13.8. The van der Waals surface area contributed by atoms with Crippen molar-refractivity contribution in [3.05, 3.63) is 29.8 Å². The summed E-state index contributed by atoms with van der Waals surface area (Å²) in [5.41, 5.74) is 1.23. The van der Waals surface area contributed by atoms with E-state index in [1.807, 2.05) is 31.2 Å². The highest BCUT2D eigenvalue weighted by atomic mass is 32.1. The molecule has 0 unspecified atom stereocenters. The second-order valence-corrected chi connectivity index (χ2v) is 2.27. The Morgan fingerprint density at radius 1 is 0.846 bits per heavy atom. The molecule has 0 heterocycles. The summed E-state index contributed by atoms with van der Waals surface area (Å²) in [5, 5.41) is 0. The van der Waals surface area contributed by atoms with E-state index < -0.39 is 0 Å². The van der Waals surface area contributed by atoms with E-state index in [-0.39, 0.29) is 23.5 Å². The third-order valence-electron chi connectivity index (χ3n) is 1.12. The van der Waals surface area contributed by atoms with Crippen molar-refractivity contribution in [2.24, 2.45) is 0 Å². The molecule has 0 aliphatic rings. The van der Waals surface area contributed by atoms with E-state index >= 15 is 0 Å². The van der Waals surface area contributed by atoms with Crippen LogP contribution in [-0.4, -0.2) is 0 Å². The molecule has 0 saturated heterocycles. The Kier molecular flexibility index (Phi) is 31.3. The van der Waals surface area contributed by atoms with Gasteiger partial charge < -0.3 is 0 Å². The molecule has 0 saturated carbocycles. The monoisotopic (exact) mass is 224 g/mol. The lowest BCUT2D eigenvalue weighted by atomic mass is 10.2. The van der Waals surface area contributed by atoms with Gasteiger partial charge in [0.15, 0.2) is 0 Å². The Labute approximate surface area is 78.6 Å². The van der Waals surface area contributed by atoms with Crippen LogP contribution in [0, 0.1) is 6.92 Å². The molecule has 13 heavy (non-hydrogen) atoms. The third-order valence-corrected chi connectivity index (χ3v) is 1.62. The molecule has 0 atom stereocenters. The molecule has 0 spiro atoms. The van der Waals surface area contributed by atoms with Crippen molar-refractivity contribution in [1.29, 1.82) is 0 Å². The average Bonchev–Trinajstić information content (AvgIpc) is 1.77.